The first-order valence-corrected chi connectivity index (χ1v) is 6.23. The van der Waals surface area contributed by atoms with Gasteiger partial charge in [0, 0.05) is 22.7 Å². The van der Waals surface area contributed by atoms with Crippen LogP contribution in [0.15, 0.2) is 36.4 Å². The fourth-order valence-electron chi connectivity index (χ4n) is 2.01. The highest BCUT2D eigenvalue weighted by Crippen LogP contribution is 2.27. The summed E-state index contributed by atoms with van der Waals surface area (Å²) in [5.74, 6) is -0.533. The average Bonchev–Trinajstić information content (AvgIpc) is 2.37. The third kappa shape index (κ3) is 2.95. The van der Waals surface area contributed by atoms with Gasteiger partial charge in [-0.05, 0) is 30.2 Å². The Bertz CT molecular complexity index is 676. The molecule has 0 aliphatic rings. The number of nitrogens with zero attached hydrogens (tertiary/aromatic N) is 1. The third-order valence-corrected chi connectivity index (χ3v) is 3.19. The van der Waals surface area contributed by atoms with Crippen LogP contribution >= 0.6 is 11.6 Å². The summed E-state index contributed by atoms with van der Waals surface area (Å²) in [6.45, 7) is 1.72. The SMILES string of the molecule is Cc1cc(C(N)c2ccc(Cl)cc2F)cc([N+](=O)[O-])c1. The molecule has 2 rings (SSSR count). The molecule has 0 radical (unpaired) electrons. The minimum atomic E-state index is -0.786. The van der Waals surface area contributed by atoms with E-state index in [-0.39, 0.29) is 16.3 Å². The minimum Gasteiger partial charge on any atom is -0.320 e. The van der Waals surface area contributed by atoms with Crippen molar-refractivity contribution in [3.8, 4) is 0 Å². The van der Waals surface area contributed by atoms with E-state index in [1.54, 1.807) is 13.0 Å². The van der Waals surface area contributed by atoms with Crippen LogP contribution in [0.4, 0.5) is 10.1 Å². The van der Waals surface area contributed by atoms with Crippen molar-refractivity contribution >= 4 is 17.3 Å². The lowest BCUT2D eigenvalue weighted by Gasteiger charge is -2.14. The highest BCUT2D eigenvalue weighted by atomic mass is 35.5. The molecule has 4 nitrogen and oxygen atoms in total. The molecular formula is C14H12ClFN2O2. The Morgan fingerprint density at radius 2 is 2.00 bits per heavy atom. The lowest BCUT2D eigenvalue weighted by atomic mass is 9.97. The predicted octanol–water partition coefficient (Wildman–Crippen LogP) is 3.74. The Labute approximate surface area is 120 Å². The van der Waals surface area contributed by atoms with E-state index < -0.39 is 16.8 Å². The number of hydrogen-bond donors (Lipinski definition) is 1. The molecule has 0 aliphatic carbocycles. The molecule has 0 bridgehead atoms. The summed E-state index contributed by atoms with van der Waals surface area (Å²) in [6.07, 6.45) is 0. The third-order valence-electron chi connectivity index (χ3n) is 2.95. The molecule has 0 fully saturated rings. The summed E-state index contributed by atoms with van der Waals surface area (Å²) in [4.78, 5) is 10.4. The normalized spacial score (nSPS) is 12.2. The van der Waals surface area contributed by atoms with Crippen LogP contribution in [0.25, 0.3) is 0 Å². The number of non-ortho nitro benzene ring substituents is 1. The van der Waals surface area contributed by atoms with Crippen LogP contribution < -0.4 is 5.73 Å². The molecule has 2 N–H and O–H groups in total. The number of nitrogens with two attached hydrogens (primary N) is 1. The van der Waals surface area contributed by atoms with E-state index in [1.807, 2.05) is 0 Å². The quantitative estimate of drug-likeness (QED) is 0.692. The Balaban J connectivity index is 2.47. The monoisotopic (exact) mass is 294 g/mol. The largest absolute Gasteiger partial charge is 0.320 e. The second-order valence-electron chi connectivity index (χ2n) is 4.50. The number of benzene rings is 2. The topological polar surface area (TPSA) is 69.2 Å². The van der Waals surface area contributed by atoms with Gasteiger partial charge in [-0.3, -0.25) is 10.1 Å². The lowest BCUT2D eigenvalue weighted by molar-refractivity contribution is -0.385. The molecule has 6 heteroatoms. The molecule has 2 aromatic rings. The minimum absolute atomic E-state index is 0.0650. The summed E-state index contributed by atoms with van der Waals surface area (Å²) in [6, 6.07) is 7.89. The standard InChI is InChI=1S/C14H12ClFN2O2/c1-8-4-9(6-11(5-8)18(19)20)14(17)12-3-2-10(15)7-13(12)16/h2-7,14H,17H2,1H3. The van der Waals surface area contributed by atoms with Crippen molar-refractivity contribution in [3.63, 3.8) is 0 Å². The average molecular weight is 295 g/mol. The molecule has 0 aliphatic heterocycles. The molecule has 0 heterocycles. The Hall–Kier alpha value is -1.98. The van der Waals surface area contributed by atoms with Crippen LogP contribution in [-0.4, -0.2) is 4.92 Å². The maximum atomic E-state index is 13.8. The van der Waals surface area contributed by atoms with Crippen molar-refractivity contribution in [2.45, 2.75) is 13.0 Å². The summed E-state index contributed by atoms with van der Waals surface area (Å²) < 4.78 is 13.8. The highest BCUT2D eigenvalue weighted by molar-refractivity contribution is 6.30. The number of nitro groups is 1. The van der Waals surface area contributed by atoms with Crippen molar-refractivity contribution in [2.75, 3.05) is 0 Å². The van der Waals surface area contributed by atoms with E-state index in [1.165, 1.54) is 30.3 Å². The van der Waals surface area contributed by atoms with Gasteiger partial charge in [0.1, 0.15) is 5.82 Å². The van der Waals surface area contributed by atoms with Crippen LogP contribution in [0.3, 0.4) is 0 Å². The van der Waals surface area contributed by atoms with Crippen LogP contribution in [-0.2, 0) is 0 Å². The van der Waals surface area contributed by atoms with Crippen molar-refractivity contribution in [2.24, 2.45) is 5.73 Å². The van der Waals surface area contributed by atoms with E-state index in [4.69, 9.17) is 17.3 Å². The van der Waals surface area contributed by atoms with Crippen molar-refractivity contribution in [1.82, 2.24) is 0 Å². The summed E-state index contributed by atoms with van der Waals surface area (Å²) in [5.41, 5.74) is 7.36. The zero-order valence-electron chi connectivity index (χ0n) is 10.6. The predicted molar refractivity (Wildman–Crippen MR) is 75.3 cm³/mol. The molecule has 0 spiro atoms. The van der Waals surface area contributed by atoms with Gasteiger partial charge in [-0.2, -0.15) is 0 Å². The summed E-state index contributed by atoms with van der Waals surface area (Å²) in [5, 5.41) is 11.1. The van der Waals surface area contributed by atoms with Gasteiger partial charge in [0.15, 0.2) is 0 Å². The fraction of sp³-hybridized carbons (Fsp3) is 0.143. The van der Waals surface area contributed by atoms with E-state index in [0.717, 1.165) is 0 Å². The van der Waals surface area contributed by atoms with E-state index in [9.17, 15) is 14.5 Å². The Morgan fingerprint density at radius 1 is 1.30 bits per heavy atom. The maximum absolute atomic E-state index is 13.8. The molecule has 1 atom stereocenters. The summed E-state index contributed by atoms with van der Waals surface area (Å²) >= 11 is 5.69. The van der Waals surface area contributed by atoms with Crippen molar-refractivity contribution in [1.29, 1.82) is 0 Å². The molecule has 104 valence electrons. The Morgan fingerprint density at radius 3 is 2.60 bits per heavy atom. The van der Waals surface area contributed by atoms with E-state index in [0.29, 0.717) is 11.1 Å². The van der Waals surface area contributed by atoms with Gasteiger partial charge in [0.05, 0.1) is 11.0 Å². The number of halogens is 2. The zero-order chi connectivity index (χ0) is 14.9. The van der Waals surface area contributed by atoms with Crippen LogP contribution in [0.5, 0.6) is 0 Å². The van der Waals surface area contributed by atoms with E-state index in [2.05, 4.69) is 0 Å². The van der Waals surface area contributed by atoms with Crippen molar-refractivity contribution in [3.05, 3.63) is 74.0 Å². The Kier molecular flexibility index (Phi) is 4.01. The zero-order valence-corrected chi connectivity index (χ0v) is 11.4. The van der Waals surface area contributed by atoms with Crippen LogP contribution in [0, 0.1) is 22.9 Å². The van der Waals surface area contributed by atoms with Crippen LogP contribution in [0.1, 0.15) is 22.7 Å². The summed E-state index contributed by atoms with van der Waals surface area (Å²) in [7, 11) is 0. The van der Waals surface area contributed by atoms with Gasteiger partial charge in [0.2, 0.25) is 0 Å². The first kappa shape index (κ1) is 14.4. The molecule has 1 unspecified atom stereocenters. The number of aryl methyl sites for hydroxylation is 1. The van der Waals surface area contributed by atoms with Gasteiger partial charge in [-0.1, -0.05) is 23.7 Å². The molecule has 0 amide bonds. The van der Waals surface area contributed by atoms with Crippen molar-refractivity contribution < 1.29 is 9.31 Å². The number of rotatable bonds is 3. The van der Waals surface area contributed by atoms with Crippen LogP contribution in [0.2, 0.25) is 5.02 Å². The lowest BCUT2D eigenvalue weighted by Crippen LogP contribution is -2.14. The maximum Gasteiger partial charge on any atom is 0.270 e. The first-order chi connectivity index (χ1) is 9.38. The van der Waals surface area contributed by atoms with Gasteiger partial charge >= 0.3 is 0 Å². The van der Waals surface area contributed by atoms with E-state index >= 15 is 0 Å². The van der Waals surface area contributed by atoms with Gasteiger partial charge in [0.25, 0.3) is 5.69 Å². The van der Waals surface area contributed by atoms with Gasteiger partial charge < -0.3 is 5.73 Å². The smallest absolute Gasteiger partial charge is 0.270 e. The molecule has 0 saturated heterocycles. The fourth-order valence-corrected chi connectivity index (χ4v) is 2.17. The molecule has 20 heavy (non-hydrogen) atoms. The molecular weight excluding hydrogens is 283 g/mol. The molecule has 0 saturated carbocycles. The number of nitro benzene ring substituents is 1. The second-order valence-corrected chi connectivity index (χ2v) is 4.94. The second kappa shape index (κ2) is 5.56. The van der Waals surface area contributed by atoms with Gasteiger partial charge in [-0.15, -0.1) is 0 Å². The highest BCUT2D eigenvalue weighted by Gasteiger charge is 2.17. The van der Waals surface area contributed by atoms with Gasteiger partial charge in [-0.25, -0.2) is 4.39 Å². The first-order valence-electron chi connectivity index (χ1n) is 5.85. The number of hydrogen-bond acceptors (Lipinski definition) is 3. The molecule has 2 aromatic carbocycles. The molecule has 0 aromatic heterocycles.